The highest BCUT2D eigenvalue weighted by Crippen LogP contribution is 2.28. The Morgan fingerprint density at radius 1 is 1.67 bits per heavy atom. The van der Waals surface area contributed by atoms with Gasteiger partial charge in [0.2, 0.25) is 0 Å². The van der Waals surface area contributed by atoms with Gasteiger partial charge >= 0.3 is 5.97 Å². The van der Waals surface area contributed by atoms with Crippen LogP contribution in [0.4, 0.5) is 8.78 Å². The van der Waals surface area contributed by atoms with Crippen LogP contribution in [0.1, 0.15) is 28.0 Å². The van der Waals surface area contributed by atoms with Crippen molar-refractivity contribution in [2.75, 3.05) is 0 Å². The molecule has 15 heavy (non-hydrogen) atoms. The third-order valence-corrected chi connectivity index (χ3v) is 2.56. The average Bonchev–Trinajstić information content (AvgIpc) is 2.16. The molecule has 1 aromatic heterocycles. The van der Waals surface area contributed by atoms with Gasteiger partial charge < -0.3 is 5.11 Å². The standard InChI is InChI=1S/C8H5BrClF2NO2/c9-6-4(7(11)12)1-3(8(14)15)5(2-10)13-6/h1,7H,2H2,(H,14,15). The van der Waals surface area contributed by atoms with E-state index in [1.807, 2.05) is 0 Å². The van der Waals surface area contributed by atoms with E-state index in [9.17, 15) is 13.6 Å². The number of carboxylic acid groups (broad SMARTS) is 1. The summed E-state index contributed by atoms with van der Waals surface area (Å²) in [5.41, 5.74) is -0.704. The van der Waals surface area contributed by atoms with E-state index >= 15 is 0 Å². The summed E-state index contributed by atoms with van der Waals surface area (Å²) in [4.78, 5) is 14.4. The average molecular weight is 300 g/mol. The lowest BCUT2D eigenvalue weighted by Gasteiger charge is -2.07. The number of halogens is 4. The van der Waals surface area contributed by atoms with Gasteiger partial charge in [0.1, 0.15) is 4.60 Å². The van der Waals surface area contributed by atoms with Gasteiger partial charge in [-0.05, 0) is 22.0 Å². The summed E-state index contributed by atoms with van der Waals surface area (Å²) in [7, 11) is 0. The van der Waals surface area contributed by atoms with Crippen LogP contribution in [-0.4, -0.2) is 16.1 Å². The lowest BCUT2D eigenvalue weighted by molar-refractivity contribution is 0.0695. The Morgan fingerprint density at radius 3 is 2.67 bits per heavy atom. The van der Waals surface area contributed by atoms with E-state index in [0.29, 0.717) is 0 Å². The number of alkyl halides is 3. The zero-order valence-corrected chi connectivity index (χ0v) is 9.52. The zero-order chi connectivity index (χ0) is 11.6. The van der Waals surface area contributed by atoms with Crippen molar-refractivity contribution in [2.24, 2.45) is 0 Å². The summed E-state index contributed by atoms with van der Waals surface area (Å²) in [5.74, 6) is -1.48. The number of nitrogens with zero attached hydrogens (tertiary/aromatic N) is 1. The summed E-state index contributed by atoms with van der Waals surface area (Å²) in [6.07, 6.45) is -2.78. The summed E-state index contributed by atoms with van der Waals surface area (Å²) in [6.45, 7) is 0. The van der Waals surface area contributed by atoms with E-state index in [1.165, 1.54) is 0 Å². The zero-order valence-electron chi connectivity index (χ0n) is 7.18. The molecule has 7 heteroatoms. The van der Waals surface area contributed by atoms with Crippen LogP contribution in [0.2, 0.25) is 0 Å². The number of carbonyl (C=O) groups is 1. The van der Waals surface area contributed by atoms with Crippen LogP contribution < -0.4 is 0 Å². The number of hydrogen-bond donors (Lipinski definition) is 1. The summed E-state index contributed by atoms with van der Waals surface area (Å²) >= 11 is 8.27. The minimum Gasteiger partial charge on any atom is -0.478 e. The molecular weight excluding hydrogens is 295 g/mol. The molecule has 1 N–H and O–H groups in total. The van der Waals surface area contributed by atoms with E-state index in [0.717, 1.165) is 6.07 Å². The van der Waals surface area contributed by atoms with Crippen LogP contribution in [0.5, 0.6) is 0 Å². The van der Waals surface area contributed by atoms with Gasteiger partial charge in [0, 0.05) is 0 Å². The predicted octanol–water partition coefficient (Wildman–Crippen LogP) is 3.22. The third kappa shape index (κ3) is 2.63. The van der Waals surface area contributed by atoms with Gasteiger partial charge in [-0.1, -0.05) is 0 Å². The Labute approximate surface area is 97.2 Å². The molecule has 1 heterocycles. The molecule has 0 aliphatic rings. The van der Waals surface area contributed by atoms with Gasteiger partial charge in [0.15, 0.2) is 0 Å². The summed E-state index contributed by atoms with van der Waals surface area (Å²) < 4.78 is 24.7. The van der Waals surface area contributed by atoms with E-state index in [1.54, 1.807) is 0 Å². The topological polar surface area (TPSA) is 50.2 Å². The molecule has 0 aromatic carbocycles. The number of carboxylic acids is 1. The SMILES string of the molecule is O=C(O)c1cc(C(F)F)c(Br)nc1CCl. The van der Waals surface area contributed by atoms with Crippen molar-refractivity contribution >= 4 is 33.5 Å². The second-order valence-electron chi connectivity index (χ2n) is 2.60. The van der Waals surface area contributed by atoms with Gasteiger partial charge in [-0.2, -0.15) is 0 Å². The minimum atomic E-state index is -2.78. The van der Waals surface area contributed by atoms with Crippen molar-refractivity contribution in [2.45, 2.75) is 12.3 Å². The fourth-order valence-electron chi connectivity index (χ4n) is 0.982. The normalized spacial score (nSPS) is 10.7. The van der Waals surface area contributed by atoms with Crippen molar-refractivity contribution in [1.82, 2.24) is 4.98 Å². The summed E-state index contributed by atoms with van der Waals surface area (Å²) in [6, 6.07) is 0.877. The number of hydrogen-bond acceptors (Lipinski definition) is 2. The molecule has 0 spiro atoms. The maximum Gasteiger partial charge on any atom is 0.337 e. The van der Waals surface area contributed by atoms with Gasteiger partial charge in [-0.3, -0.25) is 0 Å². The fraction of sp³-hybridized carbons (Fsp3) is 0.250. The number of pyridine rings is 1. The Kier molecular flexibility index (Phi) is 3.98. The highest BCUT2D eigenvalue weighted by Gasteiger charge is 2.19. The Morgan fingerprint density at radius 2 is 2.27 bits per heavy atom. The van der Waals surface area contributed by atoms with Crippen molar-refractivity contribution in [3.8, 4) is 0 Å². The van der Waals surface area contributed by atoms with Crippen molar-refractivity contribution in [3.63, 3.8) is 0 Å². The van der Waals surface area contributed by atoms with Crippen LogP contribution in [0.25, 0.3) is 0 Å². The molecule has 0 aliphatic carbocycles. The molecule has 0 amide bonds. The highest BCUT2D eigenvalue weighted by atomic mass is 79.9. The second kappa shape index (κ2) is 4.85. The monoisotopic (exact) mass is 299 g/mol. The van der Waals surface area contributed by atoms with Crippen molar-refractivity contribution < 1.29 is 18.7 Å². The predicted molar refractivity (Wildman–Crippen MR) is 53.4 cm³/mol. The molecule has 1 aromatic rings. The lowest BCUT2D eigenvalue weighted by Crippen LogP contribution is -2.06. The molecule has 0 atom stereocenters. The first-order chi connectivity index (χ1) is 6.97. The molecule has 0 bridgehead atoms. The van der Waals surface area contributed by atoms with E-state index in [-0.39, 0.29) is 21.7 Å². The van der Waals surface area contributed by atoms with Crippen LogP contribution in [0.15, 0.2) is 10.7 Å². The summed E-state index contributed by atoms with van der Waals surface area (Å²) in [5, 5.41) is 8.74. The van der Waals surface area contributed by atoms with Crippen LogP contribution in [0, 0.1) is 0 Å². The quantitative estimate of drug-likeness (QED) is 0.689. The Hall–Kier alpha value is -0.750. The largest absolute Gasteiger partial charge is 0.478 e. The number of aromatic carboxylic acids is 1. The van der Waals surface area contributed by atoms with E-state index in [4.69, 9.17) is 16.7 Å². The smallest absolute Gasteiger partial charge is 0.337 e. The fourth-order valence-corrected chi connectivity index (χ4v) is 1.69. The molecule has 1 rings (SSSR count). The molecule has 0 fully saturated rings. The van der Waals surface area contributed by atoms with Crippen molar-refractivity contribution in [1.29, 1.82) is 0 Å². The maximum atomic E-state index is 12.4. The Bertz CT molecular complexity index is 400. The minimum absolute atomic E-state index is 0.0560. The second-order valence-corrected chi connectivity index (χ2v) is 3.62. The first-order valence-corrected chi connectivity index (χ1v) is 5.06. The first kappa shape index (κ1) is 12.3. The van der Waals surface area contributed by atoms with Crippen molar-refractivity contribution in [3.05, 3.63) is 27.5 Å². The van der Waals surface area contributed by atoms with E-state index < -0.39 is 18.0 Å². The molecule has 0 saturated carbocycles. The lowest BCUT2D eigenvalue weighted by atomic mass is 10.1. The van der Waals surface area contributed by atoms with Gasteiger partial charge in [0.05, 0.1) is 22.7 Å². The molecule has 0 aliphatic heterocycles. The first-order valence-electron chi connectivity index (χ1n) is 3.74. The van der Waals surface area contributed by atoms with Gasteiger partial charge in [-0.25, -0.2) is 18.6 Å². The molecule has 82 valence electrons. The van der Waals surface area contributed by atoms with Gasteiger partial charge in [0.25, 0.3) is 6.43 Å². The maximum absolute atomic E-state index is 12.4. The van der Waals surface area contributed by atoms with Gasteiger partial charge in [-0.15, -0.1) is 11.6 Å². The molecule has 3 nitrogen and oxygen atoms in total. The number of rotatable bonds is 3. The molecule has 0 unspecified atom stereocenters. The van der Waals surface area contributed by atoms with Crippen LogP contribution in [-0.2, 0) is 5.88 Å². The molecule has 0 saturated heterocycles. The number of aromatic nitrogens is 1. The van der Waals surface area contributed by atoms with Crippen LogP contribution in [0.3, 0.4) is 0 Å². The van der Waals surface area contributed by atoms with Crippen LogP contribution >= 0.6 is 27.5 Å². The van der Waals surface area contributed by atoms with E-state index in [2.05, 4.69) is 20.9 Å². The molecular formula is C8H5BrClF2NO2. The third-order valence-electron chi connectivity index (χ3n) is 1.67. The molecule has 0 radical (unpaired) electrons. The highest BCUT2D eigenvalue weighted by molar-refractivity contribution is 9.10. The Balaban J connectivity index is 3.37.